The fourth-order valence-corrected chi connectivity index (χ4v) is 3.00. The van der Waals surface area contributed by atoms with Crippen LogP contribution in [0.25, 0.3) is 0 Å². The highest BCUT2D eigenvalue weighted by molar-refractivity contribution is 8.93. The molecule has 2 aromatic rings. The van der Waals surface area contributed by atoms with Crippen molar-refractivity contribution in [3.63, 3.8) is 0 Å². The van der Waals surface area contributed by atoms with Crippen LogP contribution in [0.15, 0.2) is 59.6 Å². The summed E-state index contributed by atoms with van der Waals surface area (Å²) < 4.78 is 0. The van der Waals surface area contributed by atoms with Gasteiger partial charge in [-0.15, -0.1) is 17.0 Å². The number of para-hydroxylation sites is 2. The van der Waals surface area contributed by atoms with E-state index >= 15 is 0 Å². The topological polar surface area (TPSA) is 32.7 Å². The first kappa shape index (κ1) is 15.8. The van der Waals surface area contributed by atoms with Crippen LogP contribution >= 0.6 is 28.7 Å². The smallest absolute Gasteiger partial charge is 0.225 e. The molecule has 0 amide bonds. The minimum atomic E-state index is 0. The fourth-order valence-electron chi connectivity index (χ4n) is 2.13. The van der Waals surface area contributed by atoms with Crippen molar-refractivity contribution in [2.45, 2.75) is 0 Å². The summed E-state index contributed by atoms with van der Waals surface area (Å²) in [4.78, 5) is 18.9. The number of thioether (sulfide) groups is 1. The number of carbonyl (C=O) groups is 1. The molecule has 0 bridgehead atoms. The zero-order chi connectivity index (χ0) is 13.9. The Bertz CT molecular complexity index is 673. The molecule has 0 aromatic heterocycles. The van der Waals surface area contributed by atoms with Crippen LogP contribution in [0.5, 0.6) is 0 Å². The van der Waals surface area contributed by atoms with E-state index in [1.807, 2.05) is 61.6 Å². The van der Waals surface area contributed by atoms with Gasteiger partial charge in [-0.3, -0.25) is 4.79 Å². The number of hydrogen-bond acceptors (Lipinski definition) is 4. The van der Waals surface area contributed by atoms with E-state index in [0.717, 1.165) is 16.4 Å². The first-order valence-corrected chi connectivity index (χ1v) is 7.20. The Kier molecular flexibility index (Phi) is 5.20. The van der Waals surface area contributed by atoms with E-state index in [4.69, 9.17) is 0 Å². The molecule has 0 atom stereocenters. The number of hydrogen-bond donors (Lipinski definition) is 0. The Balaban J connectivity index is 0.00000161. The number of fused-ring (bicyclic) bond motifs is 1. The minimum Gasteiger partial charge on any atom is -0.366 e. The van der Waals surface area contributed by atoms with Gasteiger partial charge < -0.3 is 4.90 Å². The lowest BCUT2D eigenvalue weighted by Gasteiger charge is -2.25. The average Bonchev–Trinajstić information content (AvgIpc) is 2.48. The molecular formula is C16H15BrN2OS. The molecule has 2 aromatic carbocycles. The molecule has 0 aliphatic carbocycles. The first-order chi connectivity index (χ1) is 9.74. The van der Waals surface area contributed by atoms with Gasteiger partial charge in [0, 0.05) is 12.6 Å². The molecule has 5 heteroatoms. The van der Waals surface area contributed by atoms with E-state index in [-0.39, 0.29) is 22.1 Å². The van der Waals surface area contributed by atoms with E-state index in [0.29, 0.717) is 12.1 Å². The maximum absolute atomic E-state index is 12.2. The quantitative estimate of drug-likeness (QED) is 0.757. The predicted octanol–water partition coefficient (Wildman–Crippen LogP) is 4.32. The molecule has 3 rings (SSSR count). The van der Waals surface area contributed by atoms with E-state index in [9.17, 15) is 4.79 Å². The van der Waals surface area contributed by atoms with Crippen molar-refractivity contribution in [1.29, 1.82) is 0 Å². The van der Waals surface area contributed by atoms with Crippen molar-refractivity contribution < 1.29 is 4.79 Å². The molecule has 1 heterocycles. The zero-order valence-electron chi connectivity index (χ0n) is 11.5. The van der Waals surface area contributed by atoms with E-state index < -0.39 is 0 Å². The highest BCUT2D eigenvalue weighted by Crippen LogP contribution is 2.33. The second kappa shape index (κ2) is 6.91. The molecule has 108 valence electrons. The summed E-state index contributed by atoms with van der Waals surface area (Å²) in [5.74, 6) is 0. The third kappa shape index (κ3) is 3.54. The van der Waals surface area contributed by atoms with Crippen LogP contribution in [0.2, 0.25) is 0 Å². The predicted molar refractivity (Wildman–Crippen MR) is 95.5 cm³/mol. The zero-order valence-corrected chi connectivity index (χ0v) is 14.1. The third-order valence-corrected chi connectivity index (χ3v) is 4.01. The number of benzene rings is 2. The Morgan fingerprint density at radius 1 is 1.10 bits per heavy atom. The fraction of sp³-hybridized carbons (Fsp3) is 0.125. The first-order valence-electron chi connectivity index (χ1n) is 6.39. The summed E-state index contributed by atoms with van der Waals surface area (Å²) >= 11 is 1.21. The monoisotopic (exact) mass is 362 g/mol. The summed E-state index contributed by atoms with van der Waals surface area (Å²) in [6, 6.07) is 17.3. The maximum Gasteiger partial charge on any atom is 0.225 e. The highest BCUT2D eigenvalue weighted by Gasteiger charge is 2.19. The molecule has 3 nitrogen and oxygen atoms in total. The molecule has 0 fully saturated rings. The van der Waals surface area contributed by atoms with Gasteiger partial charge in [-0.1, -0.05) is 42.5 Å². The van der Waals surface area contributed by atoms with Gasteiger partial charge in [0.25, 0.3) is 0 Å². The summed E-state index contributed by atoms with van der Waals surface area (Å²) in [7, 11) is 2.01. The standard InChI is InChI=1S/C16H14N2OS.BrH/c1-18-11-15(17-13-9-5-6-10-14(13)18)20-16(19)12-7-3-2-4-8-12;/h2-10H,11H2,1H3;1H. The van der Waals surface area contributed by atoms with Gasteiger partial charge in [-0.05, 0) is 23.9 Å². The van der Waals surface area contributed by atoms with Gasteiger partial charge in [-0.2, -0.15) is 0 Å². The average molecular weight is 363 g/mol. The molecule has 0 unspecified atom stereocenters. The normalized spacial score (nSPS) is 13.0. The van der Waals surface area contributed by atoms with Crippen LogP contribution in [0.3, 0.4) is 0 Å². The molecule has 0 N–H and O–H groups in total. The lowest BCUT2D eigenvalue weighted by Crippen LogP contribution is -2.27. The molecule has 0 saturated heterocycles. The SMILES string of the molecule is Br.CN1CC(SC(=O)c2ccccc2)=Nc2ccccc21. The van der Waals surface area contributed by atoms with Gasteiger partial charge >= 0.3 is 0 Å². The Hall–Kier alpha value is -1.59. The van der Waals surface area contributed by atoms with Gasteiger partial charge in [0.05, 0.1) is 17.9 Å². The van der Waals surface area contributed by atoms with E-state index in [2.05, 4.69) is 9.89 Å². The van der Waals surface area contributed by atoms with Crippen LogP contribution in [0, 0.1) is 0 Å². The number of nitrogens with zero attached hydrogens (tertiary/aromatic N) is 2. The summed E-state index contributed by atoms with van der Waals surface area (Å²) in [6.45, 7) is 0.667. The van der Waals surface area contributed by atoms with Crippen LogP contribution < -0.4 is 4.90 Å². The number of rotatable bonds is 1. The second-order valence-corrected chi connectivity index (χ2v) is 5.65. The lowest BCUT2D eigenvalue weighted by atomic mass is 10.2. The number of halogens is 1. The molecule has 0 spiro atoms. The van der Waals surface area contributed by atoms with Crippen LogP contribution in [-0.2, 0) is 0 Å². The van der Waals surface area contributed by atoms with Crippen molar-refractivity contribution in [1.82, 2.24) is 0 Å². The largest absolute Gasteiger partial charge is 0.366 e. The van der Waals surface area contributed by atoms with Gasteiger partial charge in [0.2, 0.25) is 5.12 Å². The van der Waals surface area contributed by atoms with Crippen molar-refractivity contribution in [2.75, 3.05) is 18.5 Å². The van der Waals surface area contributed by atoms with Crippen molar-refractivity contribution in [3.05, 3.63) is 60.2 Å². The molecule has 1 aliphatic rings. The number of carbonyl (C=O) groups excluding carboxylic acids is 1. The molecule has 21 heavy (non-hydrogen) atoms. The summed E-state index contributed by atoms with van der Waals surface area (Å²) in [5.41, 5.74) is 2.73. The molecule has 0 saturated carbocycles. The van der Waals surface area contributed by atoms with Crippen molar-refractivity contribution >= 4 is 50.3 Å². The third-order valence-electron chi connectivity index (χ3n) is 3.13. The second-order valence-electron chi connectivity index (χ2n) is 4.61. The van der Waals surface area contributed by atoms with Crippen LogP contribution in [-0.4, -0.2) is 23.8 Å². The molecular weight excluding hydrogens is 348 g/mol. The van der Waals surface area contributed by atoms with Crippen LogP contribution in [0.4, 0.5) is 11.4 Å². The van der Waals surface area contributed by atoms with Gasteiger partial charge in [-0.25, -0.2) is 4.99 Å². The molecule has 0 radical (unpaired) electrons. The van der Waals surface area contributed by atoms with Gasteiger partial charge in [0.15, 0.2) is 0 Å². The van der Waals surface area contributed by atoms with E-state index in [1.165, 1.54) is 11.8 Å². The minimum absolute atomic E-state index is 0. The van der Waals surface area contributed by atoms with Crippen molar-refractivity contribution in [3.8, 4) is 0 Å². The Labute approximate surface area is 138 Å². The Morgan fingerprint density at radius 3 is 2.52 bits per heavy atom. The number of anilines is 1. The van der Waals surface area contributed by atoms with E-state index in [1.54, 1.807) is 0 Å². The molecule has 1 aliphatic heterocycles. The van der Waals surface area contributed by atoms with Crippen LogP contribution in [0.1, 0.15) is 10.4 Å². The van der Waals surface area contributed by atoms with Gasteiger partial charge in [0.1, 0.15) is 5.04 Å². The van der Waals surface area contributed by atoms with Crippen molar-refractivity contribution in [2.24, 2.45) is 4.99 Å². The maximum atomic E-state index is 12.2. The number of aliphatic imine (C=N–C) groups is 1. The lowest BCUT2D eigenvalue weighted by molar-refractivity contribution is 0.109. The highest BCUT2D eigenvalue weighted by atomic mass is 79.9. The Morgan fingerprint density at radius 2 is 1.76 bits per heavy atom. The summed E-state index contributed by atoms with van der Waals surface area (Å²) in [6.07, 6.45) is 0. The summed E-state index contributed by atoms with van der Waals surface area (Å²) in [5, 5.41) is 0.872.